The van der Waals surface area contributed by atoms with Crippen LogP contribution < -0.4 is 10.5 Å². The first-order valence-corrected chi connectivity index (χ1v) is 11.5. The minimum atomic E-state index is 0.402. The number of hydrogen-bond acceptors (Lipinski definition) is 6. The Morgan fingerprint density at radius 1 is 1.00 bits per heavy atom. The fraction of sp³-hybridized carbons (Fsp3) is 0.154. The molecule has 4 aromatic heterocycles. The molecule has 5 rings (SSSR count). The van der Waals surface area contributed by atoms with Gasteiger partial charge < -0.3 is 10.5 Å². The number of methoxy groups -OCH3 is 1. The lowest BCUT2D eigenvalue weighted by atomic mass is 10.2. The van der Waals surface area contributed by atoms with E-state index in [9.17, 15) is 0 Å². The third-order valence-electron chi connectivity index (χ3n) is 5.18. The highest BCUT2D eigenvalue weighted by Crippen LogP contribution is 2.32. The van der Waals surface area contributed by atoms with Crippen LogP contribution in [0.3, 0.4) is 0 Å². The van der Waals surface area contributed by atoms with E-state index in [1.54, 1.807) is 25.7 Å². The number of imidazole rings is 1. The van der Waals surface area contributed by atoms with Crippen LogP contribution in [0.25, 0.3) is 39.5 Å². The average Bonchev–Trinajstić information content (AvgIpc) is 3.28. The number of anilines is 1. The number of ether oxygens (including phenoxy) is 1. The first-order valence-electron chi connectivity index (χ1n) is 10.9. The molecule has 5 aromatic rings. The molecule has 0 unspecified atom stereocenters. The highest BCUT2D eigenvalue weighted by atomic mass is 35.5. The smallest absolute Gasteiger partial charge is 0.165 e. The van der Waals surface area contributed by atoms with Gasteiger partial charge in [-0.3, -0.25) is 9.55 Å². The predicted octanol–water partition coefficient (Wildman–Crippen LogP) is 5.90. The molecule has 0 aliphatic carbocycles. The number of benzene rings is 1. The summed E-state index contributed by atoms with van der Waals surface area (Å²) in [6.07, 6.45) is 5.08. The van der Waals surface area contributed by atoms with Gasteiger partial charge in [-0.05, 0) is 48.0 Å². The van der Waals surface area contributed by atoms with Gasteiger partial charge in [0.15, 0.2) is 11.5 Å². The van der Waals surface area contributed by atoms with Crippen LogP contribution in [-0.2, 0) is 5.88 Å². The maximum Gasteiger partial charge on any atom is 0.165 e. The number of nitrogens with two attached hydrogens (primary N) is 1. The molecule has 34 heavy (non-hydrogen) atoms. The molecule has 0 aliphatic rings. The van der Waals surface area contributed by atoms with Crippen molar-refractivity contribution in [2.24, 2.45) is 0 Å². The van der Waals surface area contributed by atoms with E-state index in [4.69, 9.17) is 32.0 Å². The number of halogens is 1. The Hall–Kier alpha value is -3.97. The topological polar surface area (TPSA) is 91.7 Å². The molecule has 0 bridgehead atoms. The summed E-state index contributed by atoms with van der Waals surface area (Å²) < 4.78 is 7.30. The molecule has 2 N–H and O–H groups in total. The van der Waals surface area contributed by atoms with Crippen LogP contribution in [0.4, 0.5) is 5.82 Å². The second-order valence-corrected chi connectivity index (χ2v) is 7.43. The van der Waals surface area contributed by atoms with Crippen molar-refractivity contribution in [3.8, 4) is 34.1 Å². The van der Waals surface area contributed by atoms with Gasteiger partial charge in [0, 0.05) is 29.5 Å². The zero-order valence-corrected chi connectivity index (χ0v) is 20.0. The quantitative estimate of drug-likeness (QED) is 0.320. The van der Waals surface area contributed by atoms with Gasteiger partial charge in [0.1, 0.15) is 17.1 Å². The molecule has 4 heterocycles. The number of pyridine rings is 3. The largest absolute Gasteiger partial charge is 0.495 e. The van der Waals surface area contributed by atoms with E-state index in [2.05, 4.69) is 9.97 Å². The van der Waals surface area contributed by atoms with E-state index < -0.39 is 0 Å². The van der Waals surface area contributed by atoms with Gasteiger partial charge in [0.25, 0.3) is 0 Å². The van der Waals surface area contributed by atoms with Crippen LogP contribution in [-0.4, -0.2) is 31.6 Å². The number of rotatable bonds is 5. The molecule has 0 atom stereocenters. The number of hydrogen-bond donors (Lipinski definition) is 1. The van der Waals surface area contributed by atoms with Crippen LogP contribution in [0.1, 0.15) is 19.4 Å². The minimum absolute atomic E-state index is 0.402. The maximum absolute atomic E-state index is 6.20. The van der Waals surface area contributed by atoms with E-state index in [-0.39, 0.29) is 0 Å². The Morgan fingerprint density at radius 2 is 1.79 bits per heavy atom. The number of fused-ring (bicyclic) bond motifs is 1. The van der Waals surface area contributed by atoms with Crippen molar-refractivity contribution in [1.29, 1.82) is 0 Å². The van der Waals surface area contributed by atoms with Gasteiger partial charge in [-0.15, -0.1) is 11.6 Å². The van der Waals surface area contributed by atoms with Gasteiger partial charge in [-0.2, -0.15) is 0 Å². The van der Waals surface area contributed by atoms with Gasteiger partial charge in [-0.25, -0.2) is 15.0 Å². The molecule has 0 saturated heterocycles. The maximum atomic E-state index is 6.20. The zero-order chi connectivity index (χ0) is 24.1. The van der Waals surface area contributed by atoms with Crippen molar-refractivity contribution >= 4 is 28.6 Å². The van der Waals surface area contributed by atoms with E-state index >= 15 is 0 Å². The summed E-state index contributed by atoms with van der Waals surface area (Å²) in [4.78, 5) is 18.3. The van der Waals surface area contributed by atoms with Crippen LogP contribution >= 0.6 is 11.6 Å². The van der Waals surface area contributed by atoms with Crippen LogP contribution in [0, 0.1) is 0 Å². The summed E-state index contributed by atoms with van der Waals surface area (Å²) in [5.41, 5.74) is 11.9. The lowest BCUT2D eigenvalue weighted by Crippen LogP contribution is -2.02. The first-order chi connectivity index (χ1) is 16.7. The van der Waals surface area contributed by atoms with Crippen LogP contribution in [0.2, 0.25) is 0 Å². The monoisotopic (exact) mass is 472 g/mol. The second-order valence-electron chi connectivity index (χ2n) is 7.16. The van der Waals surface area contributed by atoms with Crippen LogP contribution in [0.15, 0.2) is 73.2 Å². The SMILES string of the molecule is CC.COc1cncc(-c2ccc3nc(-c4cccnc4N)n(-c4ccc(CCl)cc4)c3n2)c1. The molecular formula is C26H25ClN6O. The summed E-state index contributed by atoms with van der Waals surface area (Å²) >= 11 is 5.99. The van der Waals surface area contributed by atoms with Gasteiger partial charge in [0.2, 0.25) is 0 Å². The third kappa shape index (κ3) is 4.43. The molecule has 1 aromatic carbocycles. The summed E-state index contributed by atoms with van der Waals surface area (Å²) in [6.45, 7) is 4.00. The van der Waals surface area contributed by atoms with Crippen molar-refractivity contribution in [1.82, 2.24) is 24.5 Å². The standard InChI is InChI=1S/C24H19ClN6O.C2H6/c1-32-18-11-16(13-27-14-18)20-8-9-21-24(29-20)31(17-6-4-15(12-25)5-7-17)23(30-21)19-3-2-10-28-22(19)26;1-2/h2-11,13-14H,12H2,1H3,(H2,26,28);1-2H3. The molecule has 0 spiro atoms. The van der Waals surface area contributed by atoms with E-state index in [0.717, 1.165) is 33.6 Å². The predicted molar refractivity (Wildman–Crippen MR) is 137 cm³/mol. The van der Waals surface area contributed by atoms with E-state index in [1.807, 2.05) is 73.0 Å². The Balaban J connectivity index is 0.00000133. The summed E-state index contributed by atoms with van der Waals surface area (Å²) in [7, 11) is 1.61. The normalized spacial score (nSPS) is 10.6. The molecule has 7 nitrogen and oxygen atoms in total. The van der Waals surface area contributed by atoms with Crippen molar-refractivity contribution in [2.75, 3.05) is 12.8 Å². The highest BCUT2D eigenvalue weighted by Gasteiger charge is 2.18. The van der Waals surface area contributed by atoms with Crippen molar-refractivity contribution < 1.29 is 4.74 Å². The van der Waals surface area contributed by atoms with E-state index in [0.29, 0.717) is 28.9 Å². The molecule has 0 saturated carbocycles. The van der Waals surface area contributed by atoms with E-state index in [1.165, 1.54) is 0 Å². The molecule has 0 aliphatic heterocycles. The summed E-state index contributed by atoms with van der Waals surface area (Å²) in [5.74, 6) is 2.17. The average molecular weight is 473 g/mol. The minimum Gasteiger partial charge on any atom is -0.495 e. The van der Waals surface area contributed by atoms with Crippen molar-refractivity contribution in [3.63, 3.8) is 0 Å². The third-order valence-corrected chi connectivity index (χ3v) is 5.49. The van der Waals surface area contributed by atoms with Gasteiger partial charge in [-0.1, -0.05) is 26.0 Å². The zero-order valence-electron chi connectivity index (χ0n) is 19.2. The molecule has 0 fully saturated rings. The molecule has 172 valence electrons. The Labute approximate surface area is 203 Å². The Bertz CT molecular complexity index is 1420. The molecular weight excluding hydrogens is 448 g/mol. The summed E-state index contributed by atoms with van der Waals surface area (Å²) in [5, 5.41) is 0. The van der Waals surface area contributed by atoms with Gasteiger partial charge in [0.05, 0.1) is 24.6 Å². The number of nitrogens with zero attached hydrogens (tertiary/aromatic N) is 5. The Kier molecular flexibility index (Phi) is 7.04. The van der Waals surface area contributed by atoms with Crippen molar-refractivity contribution in [2.45, 2.75) is 19.7 Å². The first kappa shape index (κ1) is 23.2. The van der Waals surface area contributed by atoms with Gasteiger partial charge >= 0.3 is 0 Å². The Morgan fingerprint density at radius 3 is 2.50 bits per heavy atom. The fourth-order valence-corrected chi connectivity index (χ4v) is 3.73. The lowest BCUT2D eigenvalue weighted by Gasteiger charge is -2.11. The number of alkyl halides is 1. The number of aromatic nitrogens is 5. The number of nitrogen functional groups attached to an aromatic ring is 1. The fourth-order valence-electron chi connectivity index (χ4n) is 3.55. The molecule has 8 heteroatoms. The van der Waals surface area contributed by atoms with Crippen LogP contribution in [0.5, 0.6) is 5.75 Å². The highest BCUT2D eigenvalue weighted by molar-refractivity contribution is 6.17. The van der Waals surface area contributed by atoms with Crippen molar-refractivity contribution in [3.05, 3.63) is 78.8 Å². The lowest BCUT2D eigenvalue weighted by molar-refractivity contribution is 0.413. The molecule has 0 amide bonds. The molecule has 0 radical (unpaired) electrons. The second kappa shape index (κ2) is 10.3. The summed E-state index contributed by atoms with van der Waals surface area (Å²) in [6, 6.07) is 17.5.